The summed E-state index contributed by atoms with van der Waals surface area (Å²) in [7, 11) is 0. The highest BCUT2D eigenvalue weighted by atomic mass is 16.3. The maximum absolute atomic E-state index is 13.0. The Morgan fingerprint density at radius 2 is 2.04 bits per heavy atom. The molecule has 5 nitrogen and oxygen atoms in total. The molecule has 2 aromatic rings. The van der Waals surface area contributed by atoms with Crippen molar-refractivity contribution in [1.82, 2.24) is 9.88 Å². The Bertz CT molecular complexity index is 843. The van der Waals surface area contributed by atoms with E-state index in [1.807, 2.05) is 29.2 Å². The van der Waals surface area contributed by atoms with Gasteiger partial charge in [0.2, 0.25) is 0 Å². The first-order valence-electron chi connectivity index (χ1n) is 9.84. The highest BCUT2D eigenvalue weighted by Gasteiger charge is 2.51. The molecule has 1 fully saturated rings. The van der Waals surface area contributed by atoms with Gasteiger partial charge in [0.05, 0.1) is 12.1 Å². The Kier molecular flexibility index (Phi) is 4.74. The summed E-state index contributed by atoms with van der Waals surface area (Å²) >= 11 is 0. The predicted molar refractivity (Wildman–Crippen MR) is 104 cm³/mol. The molecule has 1 saturated heterocycles. The van der Waals surface area contributed by atoms with Crippen molar-refractivity contribution in [3.05, 3.63) is 65.0 Å². The third-order valence-electron chi connectivity index (χ3n) is 6.28. The molecule has 0 unspecified atom stereocenters. The molecule has 2 aliphatic rings. The zero-order chi connectivity index (χ0) is 19.0. The van der Waals surface area contributed by atoms with Crippen LogP contribution in [0.1, 0.15) is 59.4 Å². The van der Waals surface area contributed by atoms with Gasteiger partial charge in [-0.1, -0.05) is 37.6 Å². The molecule has 3 N–H and O–H groups in total. The van der Waals surface area contributed by atoms with Crippen molar-refractivity contribution in [2.24, 2.45) is 5.73 Å². The van der Waals surface area contributed by atoms with Gasteiger partial charge in [0.25, 0.3) is 5.91 Å². The number of nitrogens with zero attached hydrogens (tertiary/aromatic N) is 2. The highest BCUT2D eigenvalue weighted by Crippen LogP contribution is 2.50. The lowest BCUT2D eigenvalue weighted by atomic mass is 9.72. The molecular weight excluding hydrogens is 338 g/mol. The lowest BCUT2D eigenvalue weighted by Crippen LogP contribution is -2.50. The van der Waals surface area contributed by atoms with E-state index in [1.54, 1.807) is 12.3 Å². The topological polar surface area (TPSA) is 79.5 Å². The lowest BCUT2D eigenvalue weighted by Gasteiger charge is -2.42. The number of carbonyl (C=O) groups excluding carboxylic acids is 1. The summed E-state index contributed by atoms with van der Waals surface area (Å²) in [6.07, 6.45) is 4.48. The number of pyridine rings is 1. The number of likely N-dealkylation sites (tertiary alicyclic amines) is 1. The van der Waals surface area contributed by atoms with Crippen molar-refractivity contribution < 1.29 is 9.90 Å². The van der Waals surface area contributed by atoms with Gasteiger partial charge in [-0.15, -0.1) is 0 Å². The lowest BCUT2D eigenvalue weighted by molar-refractivity contribution is 0.0262. The first kappa shape index (κ1) is 18.1. The Balaban J connectivity index is 1.53. The Morgan fingerprint density at radius 1 is 1.30 bits per heavy atom. The molecule has 1 aromatic carbocycles. The first-order chi connectivity index (χ1) is 13.1. The van der Waals surface area contributed by atoms with Crippen LogP contribution in [-0.4, -0.2) is 40.1 Å². The van der Waals surface area contributed by atoms with Crippen molar-refractivity contribution in [1.29, 1.82) is 0 Å². The molecule has 4 rings (SSSR count). The number of amides is 1. The van der Waals surface area contributed by atoms with Gasteiger partial charge in [0, 0.05) is 36.0 Å². The Morgan fingerprint density at radius 3 is 2.78 bits per heavy atom. The minimum atomic E-state index is -0.593. The number of rotatable bonds is 3. The number of hydrogen-bond acceptors (Lipinski definition) is 4. The third-order valence-corrected chi connectivity index (χ3v) is 6.28. The number of aromatic nitrogens is 1. The van der Waals surface area contributed by atoms with Gasteiger partial charge >= 0.3 is 0 Å². The van der Waals surface area contributed by atoms with Crippen LogP contribution in [0.25, 0.3) is 0 Å². The summed E-state index contributed by atoms with van der Waals surface area (Å²) in [5, 5.41) is 10.9. The van der Waals surface area contributed by atoms with E-state index in [1.165, 1.54) is 0 Å². The average molecular weight is 365 g/mol. The van der Waals surface area contributed by atoms with Gasteiger partial charge in [0.15, 0.2) is 0 Å². The van der Waals surface area contributed by atoms with Gasteiger partial charge in [-0.2, -0.15) is 0 Å². The van der Waals surface area contributed by atoms with Crippen LogP contribution in [0.3, 0.4) is 0 Å². The van der Waals surface area contributed by atoms with Crippen LogP contribution in [0, 0.1) is 0 Å². The third kappa shape index (κ3) is 2.95. The second-order valence-electron chi connectivity index (χ2n) is 7.79. The number of carbonyl (C=O) groups is 1. The first-order valence-corrected chi connectivity index (χ1v) is 9.84. The van der Waals surface area contributed by atoms with Crippen molar-refractivity contribution >= 4 is 5.91 Å². The molecule has 2 atom stereocenters. The zero-order valence-corrected chi connectivity index (χ0v) is 15.8. The van der Waals surface area contributed by atoms with Crippen LogP contribution in [0.5, 0.6) is 0 Å². The molecule has 0 radical (unpaired) electrons. The van der Waals surface area contributed by atoms with E-state index in [0.29, 0.717) is 18.7 Å². The van der Waals surface area contributed by atoms with Crippen LogP contribution >= 0.6 is 0 Å². The van der Waals surface area contributed by atoms with Crippen molar-refractivity contribution in [2.75, 3.05) is 13.1 Å². The smallest absolute Gasteiger partial charge is 0.253 e. The minimum Gasteiger partial charge on any atom is -0.390 e. The van der Waals surface area contributed by atoms with Gasteiger partial charge in [-0.3, -0.25) is 9.78 Å². The molecule has 5 heteroatoms. The van der Waals surface area contributed by atoms with E-state index in [9.17, 15) is 9.90 Å². The molecule has 0 saturated carbocycles. The second kappa shape index (κ2) is 7.06. The van der Waals surface area contributed by atoms with Crippen LogP contribution in [-0.2, 0) is 11.8 Å². The van der Waals surface area contributed by atoms with Crippen LogP contribution < -0.4 is 5.73 Å². The predicted octanol–water partition coefficient (Wildman–Crippen LogP) is 2.58. The van der Waals surface area contributed by atoms with Gasteiger partial charge in [-0.05, 0) is 42.5 Å². The Labute approximate surface area is 160 Å². The second-order valence-corrected chi connectivity index (χ2v) is 7.79. The molecule has 1 amide bonds. The molecule has 1 aromatic heterocycles. The van der Waals surface area contributed by atoms with Crippen LogP contribution in [0.4, 0.5) is 0 Å². The SMILES string of the molecule is CCCc1cc(C(=O)N2CCC3(CC2)c2ccccc2[C@@H](N)[C@@H]3O)ccn1. The van der Waals surface area contributed by atoms with E-state index < -0.39 is 6.10 Å². The minimum absolute atomic E-state index is 0.0506. The van der Waals surface area contributed by atoms with E-state index in [4.69, 9.17) is 5.73 Å². The number of fused-ring (bicyclic) bond motifs is 2. The number of aliphatic hydroxyl groups excluding tert-OH is 1. The maximum Gasteiger partial charge on any atom is 0.253 e. The number of benzene rings is 1. The number of nitrogens with two attached hydrogens (primary N) is 1. The van der Waals surface area contributed by atoms with Crippen LogP contribution in [0.2, 0.25) is 0 Å². The molecule has 2 heterocycles. The molecule has 0 bridgehead atoms. The molecular formula is C22H27N3O2. The number of aliphatic hydroxyl groups is 1. The molecule has 1 aliphatic carbocycles. The standard InChI is InChI=1S/C22H27N3O2/c1-2-5-16-14-15(8-11-24-16)21(27)25-12-9-22(10-13-25)18-7-4-3-6-17(18)19(23)20(22)26/h3-4,6-8,11,14,19-20,26H,2,5,9-10,12-13,23H2,1H3/t19-,20+/m1/s1. The molecule has 1 spiro atoms. The molecule has 27 heavy (non-hydrogen) atoms. The molecule has 142 valence electrons. The van der Waals surface area contributed by atoms with Gasteiger partial charge in [-0.25, -0.2) is 0 Å². The van der Waals surface area contributed by atoms with E-state index in [2.05, 4.69) is 18.0 Å². The summed E-state index contributed by atoms with van der Waals surface area (Å²) < 4.78 is 0. The summed E-state index contributed by atoms with van der Waals surface area (Å²) in [4.78, 5) is 19.2. The zero-order valence-electron chi connectivity index (χ0n) is 15.8. The van der Waals surface area contributed by atoms with E-state index in [0.717, 1.165) is 42.5 Å². The van der Waals surface area contributed by atoms with Crippen molar-refractivity contribution in [3.8, 4) is 0 Å². The van der Waals surface area contributed by atoms with Crippen molar-refractivity contribution in [2.45, 2.75) is 50.2 Å². The van der Waals surface area contributed by atoms with Crippen LogP contribution in [0.15, 0.2) is 42.6 Å². The summed E-state index contributed by atoms with van der Waals surface area (Å²) in [5.41, 5.74) is 9.82. The fraction of sp³-hybridized carbons (Fsp3) is 0.455. The fourth-order valence-corrected chi connectivity index (χ4v) is 4.77. The monoisotopic (exact) mass is 365 g/mol. The quantitative estimate of drug-likeness (QED) is 0.876. The van der Waals surface area contributed by atoms with E-state index in [-0.39, 0.29) is 17.4 Å². The normalized spacial score (nSPS) is 23.4. The maximum atomic E-state index is 13.0. The summed E-state index contributed by atoms with van der Waals surface area (Å²) in [5.74, 6) is 0.0506. The number of hydrogen-bond donors (Lipinski definition) is 2. The summed E-state index contributed by atoms with van der Waals surface area (Å²) in [6, 6.07) is 11.4. The fourth-order valence-electron chi connectivity index (χ4n) is 4.77. The number of aryl methyl sites for hydroxylation is 1. The van der Waals surface area contributed by atoms with E-state index >= 15 is 0 Å². The average Bonchev–Trinajstić information content (AvgIpc) is 2.91. The largest absolute Gasteiger partial charge is 0.390 e. The number of piperidine rings is 1. The van der Waals surface area contributed by atoms with Gasteiger partial charge < -0.3 is 15.7 Å². The molecule has 1 aliphatic heterocycles. The van der Waals surface area contributed by atoms with Crippen molar-refractivity contribution in [3.63, 3.8) is 0 Å². The highest BCUT2D eigenvalue weighted by molar-refractivity contribution is 5.94. The van der Waals surface area contributed by atoms with Gasteiger partial charge in [0.1, 0.15) is 0 Å². The Hall–Kier alpha value is -2.24. The summed E-state index contributed by atoms with van der Waals surface area (Å²) in [6.45, 7) is 3.36.